The number of aryl methyl sites for hydroxylation is 2. The van der Waals surface area contributed by atoms with Crippen LogP contribution in [-0.2, 0) is 0 Å². The molecule has 0 aliphatic rings. The van der Waals surface area contributed by atoms with Crippen molar-refractivity contribution in [3.63, 3.8) is 0 Å². The van der Waals surface area contributed by atoms with Gasteiger partial charge >= 0.3 is 0 Å². The van der Waals surface area contributed by atoms with Crippen molar-refractivity contribution in [2.75, 3.05) is 18.5 Å². The predicted octanol–water partition coefficient (Wildman–Crippen LogP) is 4.84. The molecule has 1 N–H and O–H groups in total. The monoisotopic (exact) mass is 289 g/mol. The molecule has 3 heteroatoms. The molecule has 0 fully saturated rings. The lowest BCUT2D eigenvalue weighted by Crippen LogP contribution is -2.08. The maximum Gasteiger partial charge on any atom is 0.119 e. The summed E-state index contributed by atoms with van der Waals surface area (Å²) in [6.07, 6.45) is 0.944. The third kappa shape index (κ3) is 4.46. The molecule has 106 valence electrons. The summed E-state index contributed by atoms with van der Waals surface area (Å²) < 4.78 is 5.69. The molecule has 20 heavy (non-hydrogen) atoms. The van der Waals surface area contributed by atoms with E-state index in [1.165, 1.54) is 11.1 Å². The van der Waals surface area contributed by atoms with Crippen LogP contribution in [0.1, 0.15) is 17.5 Å². The van der Waals surface area contributed by atoms with Crippen molar-refractivity contribution in [3.05, 3.63) is 58.6 Å². The molecule has 2 nitrogen and oxygen atoms in total. The topological polar surface area (TPSA) is 21.3 Å². The van der Waals surface area contributed by atoms with Crippen LogP contribution in [0.2, 0.25) is 5.02 Å². The highest BCUT2D eigenvalue weighted by molar-refractivity contribution is 6.30. The van der Waals surface area contributed by atoms with E-state index in [1.54, 1.807) is 0 Å². The van der Waals surface area contributed by atoms with Crippen LogP contribution >= 0.6 is 11.6 Å². The van der Waals surface area contributed by atoms with Crippen LogP contribution in [0.5, 0.6) is 5.75 Å². The molecule has 0 aliphatic carbocycles. The molecule has 0 saturated heterocycles. The quantitative estimate of drug-likeness (QED) is 0.769. The number of anilines is 1. The van der Waals surface area contributed by atoms with Crippen LogP contribution in [0.25, 0.3) is 0 Å². The van der Waals surface area contributed by atoms with Gasteiger partial charge in [-0.15, -0.1) is 0 Å². The standard InChI is InChI=1S/C17H20ClNO/c1-13-4-8-16(9-5-13)20-11-3-10-19-17-12-15(18)7-6-14(17)2/h4-9,12,19H,3,10-11H2,1-2H3. The SMILES string of the molecule is Cc1ccc(OCCCNc2cc(Cl)ccc2C)cc1. The van der Waals surface area contributed by atoms with Crippen molar-refractivity contribution in [3.8, 4) is 5.75 Å². The largest absolute Gasteiger partial charge is 0.494 e. The molecular weight excluding hydrogens is 270 g/mol. The first-order valence-corrected chi connectivity index (χ1v) is 7.22. The van der Waals surface area contributed by atoms with Gasteiger partial charge in [-0.25, -0.2) is 0 Å². The van der Waals surface area contributed by atoms with Crippen LogP contribution < -0.4 is 10.1 Å². The smallest absolute Gasteiger partial charge is 0.119 e. The van der Waals surface area contributed by atoms with E-state index in [1.807, 2.05) is 30.3 Å². The molecule has 0 amide bonds. The lowest BCUT2D eigenvalue weighted by Gasteiger charge is -2.10. The van der Waals surface area contributed by atoms with Crippen LogP contribution in [0, 0.1) is 13.8 Å². The molecule has 0 saturated carbocycles. The van der Waals surface area contributed by atoms with Gasteiger partial charge in [-0.2, -0.15) is 0 Å². The zero-order valence-corrected chi connectivity index (χ0v) is 12.7. The highest BCUT2D eigenvalue weighted by atomic mass is 35.5. The first kappa shape index (κ1) is 14.7. The maximum atomic E-state index is 5.99. The Morgan fingerprint density at radius 3 is 2.55 bits per heavy atom. The van der Waals surface area contributed by atoms with E-state index < -0.39 is 0 Å². The van der Waals surface area contributed by atoms with Crippen LogP contribution in [0.3, 0.4) is 0 Å². The molecule has 0 atom stereocenters. The summed E-state index contributed by atoms with van der Waals surface area (Å²) in [5.74, 6) is 0.925. The maximum absolute atomic E-state index is 5.99. The molecule has 0 aliphatic heterocycles. The lowest BCUT2D eigenvalue weighted by atomic mass is 10.2. The van der Waals surface area contributed by atoms with Crippen LogP contribution in [0.15, 0.2) is 42.5 Å². The number of benzene rings is 2. The van der Waals surface area contributed by atoms with Gasteiger partial charge in [0.25, 0.3) is 0 Å². The van der Waals surface area contributed by atoms with Gasteiger partial charge in [0.05, 0.1) is 6.61 Å². The summed E-state index contributed by atoms with van der Waals surface area (Å²) in [6.45, 7) is 5.71. The van der Waals surface area contributed by atoms with E-state index >= 15 is 0 Å². The molecule has 0 bridgehead atoms. The Kier molecular flexibility index (Phi) is 5.31. The molecule has 2 rings (SSSR count). The number of nitrogens with one attached hydrogen (secondary N) is 1. The highest BCUT2D eigenvalue weighted by Gasteiger charge is 1.99. The average Bonchev–Trinajstić information content (AvgIpc) is 2.44. The van der Waals surface area contributed by atoms with Gasteiger partial charge in [-0.3, -0.25) is 0 Å². The molecular formula is C17H20ClNO. The van der Waals surface area contributed by atoms with E-state index in [9.17, 15) is 0 Å². The van der Waals surface area contributed by atoms with E-state index in [4.69, 9.17) is 16.3 Å². The minimum absolute atomic E-state index is 0.704. The summed E-state index contributed by atoms with van der Waals surface area (Å²) in [6, 6.07) is 14.0. The van der Waals surface area contributed by atoms with Gasteiger partial charge in [0, 0.05) is 17.3 Å². The normalized spacial score (nSPS) is 10.3. The van der Waals surface area contributed by atoms with Crippen molar-refractivity contribution in [2.45, 2.75) is 20.3 Å². The van der Waals surface area contributed by atoms with Gasteiger partial charge in [0.15, 0.2) is 0 Å². The fourth-order valence-corrected chi connectivity index (χ4v) is 2.08. The number of rotatable bonds is 6. The summed E-state index contributed by atoms with van der Waals surface area (Å²) in [5.41, 5.74) is 3.54. The Morgan fingerprint density at radius 2 is 1.80 bits per heavy atom. The van der Waals surface area contributed by atoms with Gasteiger partial charge in [0.2, 0.25) is 0 Å². The van der Waals surface area contributed by atoms with Crippen molar-refractivity contribution in [2.24, 2.45) is 0 Å². The second kappa shape index (κ2) is 7.20. The van der Waals surface area contributed by atoms with E-state index in [-0.39, 0.29) is 0 Å². The minimum Gasteiger partial charge on any atom is -0.494 e. The van der Waals surface area contributed by atoms with Gasteiger partial charge in [0.1, 0.15) is 5.75 Å². The van der Waals surface area contributed by atoms with Crippen molar-refractivity contribution < 1.29 is 4.74 Å². The second-order valence-electron chi connectivity index (χ2n) is 4.90. The van der Waals surface area contributed by atoms with Crippen molar-refractivity contribution >= 4 is 17.3 Å². The summed E-state index contributed by atoms with van der Waals surface area (Å²) >= 11 is 5.99. The third-order valence-electron chi connectivity index (χ3n) is 3.13. The molecule has 0 heterocycles. The van der Waals surface area contributed by atoms with Gasteiger partial charge < -0.3 is 10.1 Å². The first-order valence-electron chi connectivity index (χ1n) is 6.84. The Hall–Kier alpha value is -1.67. The van der Waals surface area contributed by atoms with Crippen LogP contribution in [0.4, 0.5) is 5.69 Å². The molecule has 0 unspecified atom stereocenters. The summed E-state index contributed by atoms with van der Waals surface area (Å²) in [4.78, 5) is 0. The summed E-state index contributed by atoms with van der Waals surface area (Å²) in [5, 5.41) is 4.14. The van der Waals surface area contributed by atoms with E-state index in [2.05, 4.69) is 31.3 Å². The second-order valence-corrected chi connectivity index (χ2v) is 5.34. The Bertz CT molecular complexity index is 551. The zero-order chi connectivity index (χ0) is 14.4. The van der Waals surface area contributed by atoms with Gasteiger partial charge in [-0.1, -0.05) is 35.4 Å². The van der Waals surface area contributed by atoms with Crippen molar-refractivity contribution in [1.82, 2.24) is 0 Å². The Morgan fingerprint density at radius 1 is 1.05 bits per heavy atom. The first-order chi connectivity index (χ1) is 9.65. The van der Waals surface area contributed by atoms with Gasteiger partial charge in [-0.05, 0) is 50.1 Å². The highest BCUT2D eigenvalue weighted by Crippen LogP contribution is 2.20. The molecule has 2 aromatic carbocycles. The Balaban J connectivity index is 1.71. The fourth-order valence-electron chi connectivity index (χ4n) is 1.90. The predicted molar refractivity (Wildman–Crippen MR) is 86.0 cm³/mol. The van der Waals surface area contributed by atoms with E-state index in [0.717, 1.165) is 29.4 Å². The van der Waals surface area contributed by atoms with Crippen molar-refractivity contribution in [1.29, 1.82) is 0 Å². The molecule has 0 radical (unpaired) electrons. The van der Waals surface area contributed by atoms with E-state index in [0.29, 0.717) is 6.61 Å². The van der Waals surface area contributed by atoms with Crippen LogP contribution in [-0.4, -0.2) is 13.2 Å². The summed E-state index contributed by atoms with van der Waals surface area (Å²) in [7, 11) is 0. The third-order valence-corrected chi connectivity index (χ3v) is 3.36. The number of ether oxygens (including phenoxy) is 1. The molecule has 0 aromatic heterocycles. The Labute approximate surface area is 125 Å². The number of hydrogen-bond donors (Lipinski definition) is 1. The minimum atomic E-state index is 0.704. The fraction of sp³-hybridized carbons (Fsp3) is 0.294. The zero-order valence-electron chi connectivity index (χ0n) is 11.9. The lowest BCUT2D eigenvalue weighted by molar-refractivity contribution is 0.315. The number of halogens is 1. The number of hydrogen-bond acceptors (Lipinski definition) is 2. The molecule has 2 aromatic rings. The molecule has 0 spiro atoms. The average molecular weight is 290 g/mol.